The number of benzene rings is 1. The average Bonchev–Trinajstić information content (AvgIpc) is 2.98. The maximum atomic E-state index is 12.6. The van der Waals surface area contributed by atoms with Crippen molar-refractivity contribution in [2.45, 2.75) is 19.8 Å². The number of rotatable bonds is 3. The Balaban J connectivity index is 1.75. The highest BCUT2D eigenvalue weighted by Gasteiger charge is 2.30. The molecule has 1 atom stereocenters. The highest BCUT2D eigenvalue weighted by molar-refractivity contribution is 5.96. The summed E-state index contributed by atoms with van der Waals surface area (Å²) in [5.74, 6) is -0.289. The molecular formula is C17H19NO4. The van der Waals surface area contributed by atoms with E-state index in [4.69, 9.17) is 9.15 Å². The number of para-hydroxylation sites is 1. The zero-order valence-corrected chi connectivity index (χ0v) is 12.6. The lowest BCUT2D eigenvalue weighted by molar-refractivity contribution is -0.149. The van der Waals surface area contributed by atoms with E-state index in [0.717, 1.165) is 18.2 Å². The molecule has 1 fully saturated rings. The first-order valence-electron chi connectivity index (χ1n) is 7.63. The van der Waals surface area contributed by atoms with Crippen LogP contribution in [-0.4, -0.2) is 36.5 Å². The number of hydrogen-bond acceptors (Lipinski definition) is 4. The lowest BCUT2D eigenvalue weighted by Gasteiger charge is -2.30. The van der Waals surface area contributed by atoms with Crippen LogP contribution in [0.15, 0.2) is 34.7 Å². The Kier molecular flexibility index (Phi) is 4.13. The highest BCUT2D eigenvalue weighted by Crippen LogP contribution is 2.23. The van der Waals surface area contributed by atoms with Crippen LogP contribution >= 0.6 is 0 Å². The first-order valence-corrected chi connectivity index (χ1v) is 7.63. The molecule has 2 heterocycles. The van der Waals surface area contributed by atoms with Gasteiger partial charge in [-0.25, -0.2) is 0 Å². The minimum atomic E-state index is -0.234. The molecule has 1 aromatic heterocycles. The molecule has 0 N–H and O–H groups in total. The number of esters is 1. The van der Waals surface area contributed by atoms with Gasteiger partial charge >= 0.3 is 5.97 Å². The van der Waals surface area contributed by atoms with Gasteiger partial charge in [-0.05, 0) is 31.9 Å². The number of fused-ring (bicyclic) bond motifs is 1. The summed E-state index contributed by atoms with van der Waals surface area (Å²) in [6, 6.07) is 9.28. The Morgan fingerprint density at radius 2 is 2.18 bits per heavy atom. The molecule has 116 valence electrons. The smallest absolute Gasteiger partial charge is 0.310 e. The third-order valence-electron chi connectivity index (χ3n) is 3.96. The number of hydrogen-bond donors (Lipinski definition) is 0. The molecular weight excluding hydrogens is 282 g/mol. The van der Waals surface area contributed by atoms with Crippen molar-refractivity contribution < 1.29 is 18.7 Å². The first kappa shape index (κ1) is 14.6. The van der Waals surface area contributed by atoms with Gasteiger partial charge in [0, 0.05) is 18.5 Å². The van der Waals surface area contributed by atoms with Crippen molar-refractivity contribution in [2.75, 3.05) is 19.7 Å². The Morgan fingerprint density at radius 1 is 1.36 bits per heavy atom. The van der Waals surface area contributed by atoms with Gasteiger partial charge in [-0.15, -0.1) is 0 Å². The number of amides is 1. The molecule has 1 aliphatic rings. The van der Waals surface area contributed by atoms with E-state index in [0.29, 0.717) is 31.0 Å². The molecule has 0 saturated carbocycles. The lowest BCUT2D eigenvalue weighted by Crippen LogP contribution is -2.42. The van der Waals surface area contributed by atoms with Crippen LogP contribution in [0.25, 0.3) is 11.0 Å². The molecule has 1 aromatic carbocycles. The first-order chi connectivity index (χ1) is 10.7. The molecule has 3 rings (SSSR count). The van der Waals surface area contributed by atoms with Crippen LogP contribution in [0.1, 0.15) is 30.3 Å². The van der Waals surface area contributed by atoms with E-state index >= 15 is 0 Å². The van der Waals surface area contributed by atoms with E-state index in [-0.39, 0.29) is 17.8 Å². The predicted octanol–water partition coefficient (Wildman–Crippen LogP) is 2.85. The topological polar surface area (TPSA) is 59.8 Å². The quantitative estimate of drug-likeness (QED) is 0.818. The van der Waals surface area contributed by atoms with Gasteiger partial charge in [-0.2, -0.15) is 0 Å². The molecule has 1 amide bonds. The van der Waals surface area contributed by atoms with Crippen molar-refractivity contribution >= 4 is 22.8 Å². The molecule has 2 aromatic rings. The van der Waals surface area contributed by atoms with Gasteiger partial charge < -0.3 is 14.1 Å². The molecule has 0 aliphatic carbocycles. The summed E-state index contributed by atoms with van der Waals surface area (Å²) in [5.41, 5.74) is 0.699. The second-order valence-corrected chi connectivity index (χ2v) is 5.49. The fraction of sp³-hybridized carbons (Fsp3) is 0.412. The normalized spacial score (nSPS) is 18.4. The maximum Gasteiger partial charge on any atom is 0.310 e. The second kappa shape index (κ2) is 6.22. The van der Waals surface area contributed by atoms with Crippen molar-refractivity contribution in [3.63, 3.8) is 0 Å². The predicted molar refractivity (Wildman–Crippen MR) is 81.5 cm³/mol. The fourth-order valence-corrected chi connectivity index (χ4v) is 2.86. The number of piperidine rings is 1. The molecule has 0 bridgehead atoms. The summed E-state index contributed by atoms with van der Waals surface area (Å²) in [5, 5.41) is 0.907. The zero-order valence-electron chi connectivity index (χ0n) is 12.6. The van der Waals surface area contributed by atoms with Crippen LogP contribution in [0.3, 0.4) is 0 Å². The minimum Gasteiger partial charge on any atom is -0.466 e. The minimum absolute atomic E-state index is 0.162. The standard InChI is InChI=1S/C17H19NO4/c1-2-21-17(20)13-7-5-9-18(11-13)16(19)15-10-12-6-3-4-8-14(12)22-15/h3-4,6,8,10,13H,2,5,7,9,11H2,1H3/t13-/m1/s1. The van der Waals surface area contributed by atoms with E-state index in [9.17, 15) is 9.59 Å². The third kappa shape index (κ3) is 2.84. The fourth-order valence-electron chi connectivity index (χ4n) is 2.86. The number of furan rings is 1. The van der Waals surface area contributed by atoms with Crippen molar-refractivity contribution in [3.05, 3.63) is 36.1 Å². The third-order valence-corrected chi connectivity index (χ3v) is 3.96. The molecule has 0 radical (unpaired) electrons. The summed E-state index contributed by atoms with van der Waals surface area (Å²) in [6.07, 6.45) is 1.57. The van der Waals surface area contributed by atoms with E-state index in [2.05, 4.69) is 0 Å². The van der Waals surface area contributed by atoms with Gasteiger partial charge in [0.1, 0.15) is 5.58 Å². The molecule has 22 heavy (non-hydrogen) atoms. The van der Waals surface area contributed by atoms with Gasteiger partial charge in [0.2, 0.25) is 0 Å². The molecule has 1 aliphatic heterocycles. The van der Waals surface area contributed by atoms with Crippen LogP contribution in [0.4, 0.5) is 0 Å². The molecule has 5 heteroatoms. The second-order valence-electron chi connectivity index (χ2n) is 5.49. The Hall–Kier alpha value is -2.30. The van der Waals surface area contributed by atoms with Gasteiger partial charge in [0.25, 0.3) is 5.91 Å². The maximum absolute atomic E-state index is 12.6. The average molecular weight is 301 g/mol. The Morgan fingerprint density at radius 3 is 2.95 bits per heavy atom. The summed E-state index contributed by atoms with van der Waals surface area (Å²) in [7, 11) is 0. The van der Waals surface area contributed by atoms with Crippen LogP contribution in [0.5, 0.6) is 0 Å². The van der Waals surface area contributed by atoms with Crippen LogP contribution in [0, 0.1) is 5.92 Å². The summed E-state index contributed by atoms with van der Waals surface area (Å²) >= 11 is 0. The van der Waals surface area contributed by atoms with Gasteiger partial charge in [-0.3, -0.25) is 9.59 Å². The number of carbonyl (C=O) groups excluding carboxylic acids is 2. The number of carbonyl (C=O) groups is 2. The number of nitrogens with zero attached hydrogens (tertiary/aromatic N) is 1. The van der Waals surface area contributed by atoms with Crippen molar-refractivity contribution in [1.82, 2.24) is 4.90 Å². The molecule has 0 spiro atoms. The van der Waals surface area contributed by atoms with Crippen molar-refractivity contribution in [1.29, 1.82) is 0 Å². The van der Waals surface area contributed by atoms with E-state index in [1.165, 1.54) is 0 Å². The molecule has 0 unspecified atom stereocenters. The van der Waals surface area contributed by atoms with Gasteiger partial charge in [-0.1, -0.05) is 18.2 Å². The van der Waals surface area contributed by atoms with Crippen LogP contribution < -0.4 is 0 Å². The summed E-state index contributed by atoms with van der Waals surface area (Å²) < 4.78 is 10.7. The van der Waals surface area contributed by atoms with Crippen molar-refractivity contribution in [2.24, 2.45) is 5.92 Å². The SMILES string of the molecule is CCOC(=O)[C@@H]1CCCN(C(=O)c2cc3ccccc3o2)C1. The van der Waals surface area contributed by atoms with Crippen molar-refractivity contribution in [3.8, 4) is 0 Å². The van der Waals surface area contributed by atoms with E-state index in [1.807, 2.05) is 24.3 Å². The molecule has 5 nitrogen and oxygen atoms in total. The van der Waals surface area contributed by atoms with E-state index in [1.54, 1.807) is 17.9 Å². The summed E-state index contributed by atoms with van der Waals surface area (Å²) in [4.78, 5) is 26.1. The van der Waals surface area contributed by atoms with Crippen LogP contribution in [-0.2, 0) is 9.53 Å². The lowest BCUT2D eigenvalue weighted by atomic mass is 9.98. The van der Waals surface area contributed by atoms with E-state index < -0.39 is 0 Å². The zero-order chi connectivity index (χ0) is 15.5. The van der Waals surface area contributed by atoms with Crippen LogP contribution in [0.2, 0.25) is 0 Å². The largest absolute Gasteiger partial charge is 0.466 e. The number of likely N-dealkylation sites (tertiary alicyclic amines) is 1. The Bertz CT molecular complexity index is 658. The summed E-state index contributed by atoms with van der Waals surface area (Å²) in [6.45, 7) is 3.20. The molecule has 1 saturated heterocycles. The Labute approximate surface area is 128 Å². The number of ether oxygens (including phenoxy) is 1. The highest BCUT2D eigenvalue weighted by atomic mass is 16.5. The van der Waals surface area contributed by atoms with Gasteiger partial charge in [0.15, 0.2) is 5.76 Å². The monoisotopic (exact) mass is 301 g/mol. The van der Waals surface area contributed by atoms with Gasteiger partial charge in [0.05, 0.1) is 12.5 Å².